The van der Waals surface area contributed by atoms with Gasteiger partial charge in [-0.15, -0.1) is 11.3 Å². The molecule has 0 fully saturated rings. The third kappa shape index (κ3) is 4.99. The summed E-state index contributed by atoms with van der Waals surface area (Å²) in [7, 11) is 0. The van der Waals surface area contributed by atoms with Crippen molar-refractivity contribution in [3.63, 3.8) is 0 Å². The van der Waals surface area contributed by atoms with E-state index in [1.807, 2.05) is 37.4 Å². The second kappa shape index (κ2) is 8.41. The Labute approximate surface area is 165 Å². The highest BCUT2D eigenvalue weighted by Gasteiger charge is 2.18. The number of nitrogens with one attached hydrogen (secondary N) is 2. The van der Waals surface area contributed by atoms with Crippen molar-refractivity contribution in [2.75, 3.05) is 5.32 Å². The molecule has 1 aromatic carbocycles. The number of hydrogen-bond acceptors (Lipinski definition) is 6. The van der Waals surface area contributed by atoms with Crippen LogP contribution in [0.15, 0.2) is 55.6 Å². The summed E-state index contributed by atoms with van der Waals surface area (Å²) < 4.78 is 6.01. The van der Waals surface area contributed by atoms with Gasteiger partial charge in [0.05, 0.1) is 6.26 Å². The molecule has 0 bridgehead atoms. The molecule has 2 aromatic heterocycles. The molecule has 0 radical (unpaired) electrons. The molecule has 3 aromatic rings. The fraction of sp³-hybridized carbons (Fsp3) is 0.211. The molecule has 6 nitrogen and oxygen atoms in total. The van der Waals surface area contributed by atoms with Gasteiger partial charge in [0.25, 0.3) is 5.91 Å². The number of aryl methyl sites for hydroxylation is 2. The lowest BCUT2D eigenvalue weighted by atomic mass is 10.2. The highest BCUT2D eigenvalue weighted by molar-refractivity contribution is 8.01. The van der Waals surface area contributed by atoms with Crippen LogP contribution in [-0.2, 0) is 4.79 Å². The first-order valence-electron chi connectivity index (χ1n) is 8.28. The highest BCUT2D eigenvalue weighted by atomic mass is 32.2. The maximum absolute atomic E-state index is 12.4. The van der Waals surface area contributed by atoms with Crippen molar-refractivity contribution in [3.05, 3.63) is 59.0 Å². The topological polar surface area (TPSA) is 84.2 Å². The van der Waals surface area contributed by atoms with E-state index in [0.717, 1.165) is 20.5 Å². The van der Waals surface area contributed by atoms with E-state index in [-0.39, 0.29) is 11.7 Å². The van der Waals surface area contributed by atoms with Crippen molar-refractivity contribution in [1.29, 1.82) is 0 Å². The molecule has 0 aliphatic carbocycles. The van der Waals surface area contributed by atoms with Crippen LogP contribution in [0.25, 0.3) is 0 Å². The van der Waals surface area contributed by atoms with Crippen molar-refractivity contribution in [2.24, 2.45) is 0 Å². The smallest absolute Gasteiger partial charge is 0.287 e. The number of aromatic nitrogens is 1. The largest absolute Gasteiger partial charge is 0.459 e. The third-order valence-electron chi connectivity index (χ3n) is 3.74. The monoisotopic (exact) mass is 401 g/mol. The maximum atomic E-state index is 12.4. The summed E-state index contributed by atoms with van der Waals surface area (Å²) in [5.41, 5.74) is 2.65. The summed E-state index contributed by atoms with van der Waals surface area (Å²) in [6.45, 7) is 5.52. The second-order valence-electron chi connectivity index (χ2n) is 6.00. The van der Waals surface area contributed by atoms with Crippen molar-refractivity contribution in [3.8, 4) is 0 Å². The molecule has 0 aliphatic rings. The van der Waals surface area contributed by atoms with E-state index in [1.54, 1.807) is 42.2 Å². The number of benzene rings is 1. The number of carbonyl (C=O) groups is 2. The standard InChI is InChI=1S/C19H19N3O3S2/c1-11-9-14(27-19-20-12(2)10-26-19)6-7-15(11)22-17(23)13(3)21-18(24)16-5-4-8-25-16/h4-10,13H,1-3H3,(H,21,24)(H,22,23)/t13-/m1/s1. The zero-order valence-electron chi connectivity index (χ0n) is 15.1. The molecule has 0 aliphatic heterocycles. The lowest BCUT2D eigenvalue weighted by molar-refractivity contribution is -0.117. The molecular formula is C19H19N3O3S2. The fourth-order valence-corrected chi connectivity index (χ4v) is 4.21. The van der Waals surface area contributed by atoms with E-state index >= 15 is 0 Å². The van der Waals surface area contributed by atoms with Gasteiger partial charge in [-0.25, -0.2) is 4.98 Å². The van der Waals surface area contributed by atoms with Crippen LogP contribution in [0.3, 0.4) is 0 Å². The number of hydrogen-bond donors (Lipinski definition) is 2. The number of rotatable bonds is 6. The quantitative estimate of drug-likeness (QED) is 0.645. The third-order valence-corrected chi connectivity index (χ3v) is 5.79. The molecule has 0 spiro atoms. The van der Waals surface area contributed by atoms with E-state index < -0.39 is 11.9 Å². The lowest BCUT2D eigenvalue weighted by Gasteiger charge is -2.15. The molecular weight excluding hydrogens is 382 g/mol. The number of thiazole rings is 1. The van der Waals surface area contributed by atoms with Crippen LogP contribution < -0.4 is 10.6 Å². The average molecular weight is 402 g/mol. The Balaban J connectivity index is 1.60. The molecule has 2 N–H and O–H groups in total. The van der Waals surface area contributed by atoms with E-state index in [2.05, 4.69) is 15.6 Å². The van der Waals surface area contributed by atoms with E-state index in [0.29, 0.717) is 5.69 Å². The van der Waals surface area contributed by atoms with Crippen molar-refractivity contribution in [2.45, 2.75) is 36.0 Å². The fourth-order valence-electron chi connectivity index (χ4n) is 2.30. The Bertz CT molecular complexity index is 951. The normalized spacial score (nSPS) is 11.8. The van der Waals surface area contributed by atoms with Gasteiger partial charge < -0.3 is 15.1 Å². The number of amides is 2. The van der Waals surface area contributed by atoms with Crippen LogP contribution in [0.5, 0.6) is 0 Å². The molecule has 2 heterocycles. The molecule has 1 atom stereocenters. The van der Waals surface area contributed by atoms with Gasteiger partial charge in [0.1, 0.15) is 6.04 Å². The van der Waals surface area contributed by atoms with Gasteiger partial charge >= 0.3 is 0 Å². The van der Waals surface area contributed by atoms with Crippen LogP contribution >= 0.6 is 23.1 Å². The van der Waals surface area contributed by atoms with Crippen LogP contribution in [-0.4, -0.2) is 22.8 Å². The number of nitrogens with zero attached hydrogens (tertiary/aromatic N) is 1. The van der Waals surface area contributed by atoms with Crippen molar-refractivity contribution < 1.29 is 14.0 Å². The first-order valence-corrected chi connectivity index (χ1v) is 9.98. The van der Waals surface area contributed by atoms with E-state index in [1.165, 1.54) is 6.26 Å². The Morgan fingerprint density at radius 2 is 2.07 bits per heavy atom. The van der Waals surface area contributed by atoms with Gasteiger partial charge in [-0.1, -0.05) is 11.8 Å². The van der Waals surface area contributed by atoms with Crippen LogP contribution in [0.2, 0.25) is 0 Å². The zero-order chi connectivity index (χ0) is 19.4. The molecule has 0 saturated carbocycles. The van der Waals surface area contributed by atoms with Crippen LogP contribution in [0.1, 0.15) is 28.7 Å². The number of carbonyl (C=O) groups excluding carboxylic acids is 2. The van der Waals surface area contributed by atoms with Gasteiger partial charge in [0, 0.05) is 21.7 Å². The summed E-state index contributed by atoms with van der Waals surface area (Å²) in [4.78, 5) is 29.8. The van der Waals surface area contributed by atoms with Gasteiger partial charge in [0.2, 0.25) is 5.91 Å². The molecule has 3 rings (SSSR count). The first-order chi connectivity index (χ1) is 12.9. The first kappa shape index (κ1) is 19.2. The van der Waals surface area contributed by atoms with Gasteiger partial charge in [0.15, 0.2) is 10.1 Å². The molecule has 2 amide bonds. The molecule has 0 unspecified atom stereocenters. The van der Waals surface area contributed by atoms with Gasteiger partial charge in [-0.05, 0) is 56.7 Å². The maximum Gasteiger partial charge on any atom is 0.287 e. The molecule has 140 valence electrons. The van der Waals surface area contributed by atoms with E-state index in [4.69, 9.17) is 4.42 Å². The number of anilines is 1. The second-order valence-corrected chi connectivity index (χ2v) is 8.17. The Morgan fingerprint density at radius 1 is 1.26 bits per heavy atom. The Morgan fingerprint density at radius 3 is 2.70 bits per heavy atom. The summed E-state index contributed by atoms with van der Waals surface area (Å²) in [5.74, 6) is -0.552. The van der Waals surface area contributed by atoms with Crippen LogP contribution in [0.4, 0.5) is 5.69 Å². The highest BCUT2D eigenvalue weighted by Crippen LogP contribution is 2.32. The minimum absolute atomic E-state index is 0.171. The summed E-state index contributed by atoms with van der Waals surface area (Å²) in [5, 5.41) is 7.48. The lowest BCUT2D eigenvalue weighted by Crippen LogP contribution is -2.41. The predicted octanol–water partition coefficient (Wildman–Crippen LogP) is 4.26. The van der Waals surface area contributed by atoms with Crippen LogP contribution in [0, 0.1) is 13.8 Å². The zero-order valence-corrected chi connectivity index (χ0v) is 16.7. The SMILES string of the molecule is Cc1csc(Sc2ccc(NC(=O)[C@@H](C)NC(=O)c3ccco3)c(C)c2)n1. The minimum atomic E-state index is -0.700. The molecule has 27 heavy (non-hydrogen) atoms. The summed E-state index contributed by atoms with van der Waals surface area (Å²) in [6.07, 6.45) is 1.41. The number of furan rings is 1. The van der Waals surface area contributed by atoms with E-state index in [9.17, 15) is 9.59 Å². The van der Waals surface area contributed by atoms with Crippen molar-refractivity contribution in [1.82, 2.24) is 10.3 Å². The van der Waals surface area contributed by atoms with Crippen molar-refractivity contribution >= 4 is 40.6 Å². The summed E-state index contributed by atoms with van der Waals surface area (Å²) in [6, 6.07) is 8.27. The molecule has 0 saturated heterocycles. The Kier molecular flexibility index (Phi) is 5.98. The van der Waals surface area contributed by atoms with Gasteiger partial charge in [-0.2, -0.15) is 0 Å². The van der Waals surface area contributed by atoms with Gasteiger partial charge in [-0.3, -0.25) is 9.59 Å². The Hall–Kier alpha value is -2.58. The predicted molar refractivity (Wildman–Crippen MR) is 106 cm³/mol. The summed E-state index contributed by atoms with van der Waals surface area (Å²) >= 11 is 3.20. The minimum Gasteiger partial charge on any atom is -0.459 e. The molecule has 8 heteroatoms. The average Bonchev–Trinajstić information content (AvgIpc) is 3.29.